The van der Waals surface area contributed by atoms with Crippen LogP contribution in [0.25, 0.3) is 0 Å². The molecule has 0 bridgehead atoms. The Bertz CT molecular complexity index is 829. The van der Waals surface area contributed by atoms with Crippen LogP contribution in [0.1, 0.15) is 30.5 Å². The standard InChI is InChI=1S/C18H16F2N2O3/c1-12(2)11-25-17-8-15(7-16(9-17)22(23)24)18(19,20)14-5-3-4-13(6-14)10-21/h3-9,12H,11H2,1-2H3. The van der Waals surface area contributed by atoms with Gasteiger partial charge in [0.1, 0.15) is 5.75 Å². The molecule has 5 nitrogen and oxygen atoms in total. The number of ether oxygens (including phenoxy) is 1. The molecule has 2 aromatic carbocycles. The number of nitrogens with zero attached hydrogens (tertiary/aromatic N) is 2. The summed E-state index contributed by atoms with van der Waals surface area (Å²) in [6, 6.07) is 9.82. The van der Waals surface area contributed by atoms with Gasteiger partial charge in [0.25, 0.3) is 11.6 Å². The lowest BCUT2D eigenvalue weighted by Gasteiger charge is -2.18. The molecule has 0 radical (unpaired) electrons. The highest BCUT2D eigenvalue weighted by atomic mass is 19.3. The van der Waals surface area contributed by atoms with Gasteiger partial charge in [0.15, 0.2) is 0 Å². The first-order valence-electron chi connectivity index (χ1n) is 7.55. The van der Waals surface area contributed by atoms with E-state index in [4.69, 9.17) is 10.00 Å². The maximum Gasteiger partial charge on any atom is 0.298 e. The highest BCUT2D eigenvalue weighted by Crippen LogP contribution is 2.39. The highest BCUT2D eigenvalue weighted by Gasteiger charge is 2.36. The molecule has 0 N–H and O–H groups in total. The van der Waals surface area contributed by atoms with Gasteiger partial charge in [-0.25, -0.2) is 0 Å². The maximum absolute atomic E-state index is 14.8. The quantitative estimate of drug-likeness (QED) is 0.564. The van der Waals surface area contributed by atoms with E-state index in [1.54, 1.807) is 6.07 Å². The van der Waals surface area contributed by atoms with Gasteiger partial charge in [-0.3, -0.25) is 10.1 Å². The Morgan fingerprint density at radius 1 is 1.24 bits per heavy atom. The first kappa shape index (κ1) is 18.3. The Labute approximate surface area is 143 Å². The smallest absolute Gasteiger partial charge is 0.298 e. The van der Waals surface area contributed by atoms with Crippen LogP contribution in [0.3, 0.4) is 0 Å². The molecule has 0 unspecified atom stereocenters. The number of hydrogen-bond donors (Lipinski definition) is 0. The SMILES string of the molecule is CC(C)COc1cc([N+](=O)[O-])cc(C(F)(F)c2cccc(C#N)c2)c1. The van der Waals surface area contributed by atoms with Gasteiger partial charge in [-0.2, -0.15) is 14.0 Å². The molecule has 0 heterocycles. The van der Waals surface area contributed by atoms with Gasteiger partial charge in [-0.1, -0.05) is 26.0 Å². The summed E-state index contributed by atoms with van der Waals surface area (Å²) in [5, 5.41) is 19.9. The summed E-state index contributed by atoms with van der Waals surface area (Å²) < 4.78 is 35.1. The molecule has 2 rings (SSSR count). The summed E-state index contributed by atoms with van der Waals surface area (Å²) in [5.41, 5.74) is -1.37. The zero-order valence-corrected chi connectivity index (χ0v) is 13.7. The number of nitro groups is 1. The van der Waals surface area contributed by atoms with Crippen molar-refractivity contribution in [3.05, 3.63) is 69.3 Å². The number of hydrogen-bond acceptors (Lipinski definition) is 4. The summed E-state index contributed by atoms with van der Waals surface area (Å²) in [6.07, 6.45) is 0. The second-order valence-corrected chi connectivity index (χ2v) is 5.94. The molecule has 7 heteroatoms. The first-order chi connectivity index (χ1) is 11.7. The van der Waals surface area contributed by atoms with E-state index in [1.807, 2.05) is 13.8 Å². The summed E-state index contributed by atoms with van der Waals surface area (Å²) in [7, 11) is 0. The van der Waals surface area contributed by atoms with E-state index in [0.29, 0.717) is 0 Å². The number of nitro benzene ring substituents is 1. The normalized spacial score (nSPS) is 11.2. The minimum Gasteiger partial charge on any atom is -0.493 e. The van der Waals surface area contributed by atoms with Crippen LogP contribution < -0.4 is 4.74 Å². The minimum absolute atomic E-state index is 0.00835. The number of nitriles is 1. The molecule has 2 aromatic rings. The molecule has 0 spiro atoms. The molecule has 0 aromatic heterocycles. The van der Waals surface area contributed by atoms with Crippen molar-refractivity contribution < 1.29 is 18.4 Å². The molecule has 0 aliphatic carbocycles. The average Bonchev–Trinajstić information content (AvgIpc) is 2.59. The van der Waals surface area contributed by atoms with E-state index in [9.17, 15) is 18.9 Å². The van der Waals surface area contributed by atoms with E-state index < -0.39 is 27.7 Å². The third-order valence-corrected chi connectivity index (χ3v) is 3.40. The molecule has 0 fully saturated rings. The molecular formula is C18H16F2N2O3. The predicted molar refractivity (Wildman–Crippen MR) is 87.6 cm³/mol. The lowest BCUT2D eigenvalue weighted by atomic mass is 9.98. The molecule has 0 aliphatic heterocycles. The highest BCUT2D eigenvalue weighted by molar-refractivity contribution is 5.48. The molecule has 130 valence electrons. The van der Waals surface area contributed by atoms with Crippen LogP contribution in [0.5, 0.6) is 5.75 Å². The largest absolute Gasteiger partial charge is 0.493 e. The Morgan fingerprint density at radius 3 is 2.56 bits per heavy atom. The third kappa shape index (κ3) is 4.29. The Kier molecular flexibility index (Phi) is 5.32. The van der Waals surface area contributed by atoms with E-state index in [1.165, 1.54) is 18.2 Å². The number of non-ortho nitro benzene ring substituents is 1. The second-order valence-electron chi connectivity index (χ2n) is 5.94. The van der Waals surface area contributed by atoms with E-state index in [2.05, 4.69) is 0 Å². The lowest BCUT2D eigenvalue weighted by Crippen LogP contribution is -2.16. The van der Waals surface area contributed by atoms with Gasteiger partial charge in [0.2, 0.25) is 0 Å². The van der Waals surface area contributed by atoms with Crippen LogP contribution in [-0.2, 0) is 5.92 Å². The van der Waals surface area contributed by atoms with E-state index in [-0.39, 0.29) is 23.8 Å². The monoisotopic (exact) mass is 346 g/mol. The fourth-order valence-corrected chi connectivity index (χ4v) is 2.17. The molecule has 0 amide bonds. The number of halogens is 2. The minimum atomic E-state index is -3.51. The molecule has 0 aliphatic rings. The van der Waals surface area contributed by atoms with Gasteiger partial charge >= 0.3 is 0 Å². The van der Waals surface area contributed by atoms with Crippen molar-refractivity contribution in [3.63, 3.8) is 0 Å². The Balaban J connectivity index is 2.51. The van der Waals surface area contributed by atoms with Crippen LogP contribution in [0.4, 0.5) is 14.5 Å². The van der Waals surface area contributed by atoms with Gasteiger partial charge in [-0.15, -0.1) is 0 Å². The van der Waals surface area contributed by atoms with Crippen LogP contribution >= 0.6 is 0 Å². The third-order valence-electron chi connectivity index (χ3n) is 3.40. The van der Waals surface area contributed by atoms with Crippen LogP contribution in [-0.4, -0.2) is 11.5 Å². The van der Waals surface area contributed by atoms with Crippen molar-refractivity contribution in [2.24, 2.45) is 5.92 Å². The van der Waals surface area contributed by atoms with Crippen LogP contribution in [0.15, 0.2) is 42.5 Å². The van der Waals surface area contributed by atoms with Gasteiger partial charge < -0.3 is 4.74 Å². The Morgan fingerprint density at radius 2 is 1.96 bits per heavy atom. The number of rotatable bonds is 6. The molecule has 0 saturated heterocycles. The van der Waals surface area contributed by atoms with Crippen molar-refractivity contribution in [1.82, 2.24) is 0 Å². The number of benzene rings is 2. The van der Waals surface area contributed by atoms with Gasteiger partial charge in [0, 0.05) is 17.2 Å². The van der Waals surface area contributed by atoms with Crippen molar-refractivity contribution in [2.75, 3.05) is 6.61 Å². The van der Waals surface area contributed by atoms with Crippen molar-refractivity contribution in [3.8, 4) is 11.8 Å². The summed E-state index contributed by atoms with van der Waals surface area (Å²) in [4.78, 5) is 10.3. The zero-order chi connectivity index (χ0) is 18.6. The van der Waals surface area contributed by atoms with Crippen LogP contribution in [0, 0.1) is 27.4 Å². The Hall–Kier alpha value is -3.01. The number of alkyl halides is 2. The first-order valence-corrected chi connectivity index (χ1v) is 7.55. The second kappa shape index (κ2) is 7.26. The molecular weight excluding hydrogens is 330 g/mol. The fourth-order valence-electron chi connectivity index (χ4n) is 2.17. The topological polar surface area (TPSA) is 76.2 Å². The average molecular weight is 346 g/mol. The van der Waals surface area contributed by atoms with E-state index >= 15 is 0 Å². The van der Waals surface area contributed by atoms with E-state index in [0.717, 1.165) is 24.3 Å². The molecule has 0 atom stereocenters. The van der Waals surface area contributed by atoms with Crippen molar-refractivity contribution >= 4 is 5.69 Å². The summed E-state index contributed by atoms with van der Waals surface area (Å²) in [5.74, 6) is -3.36. The predicted octanol–water partition coefficient (Wildman–Crippen LogP) is 4.64. The van der Waals surface area contributed by atoms with Gasteiger partial charge in [0.05, 0.1) is 29.2 Å². The van der Waals surface area contributed by atoms with Gasteiger partial charge in [-0.05, 0) is 24.1 Å². The molecule has 25 heavy (non-hydrogen) atoms. The lowest BCUT2D eigenvalue weighted by molar-refractivity contribution is -0.385. The zero-order valence-electron chi connectivity index (χ0n) is 13.7. The fraction of sp³-hybridized carbons (Fsp3) is 0.278. The maximum atomic E-state index is 14.8. The summed E-state index contributed by atoms with van der Waals surface area (Å²) >= 11 is 0. The molecule has 0 saturated carbocycles. The summed E-state index contributed by atoms with van der Waals surface area (Å²) in [6.45, 7) is 4.00. The van der Waals surface area contributed by atoms with Crippen LogP contribution in [0.2, 0.25) is 0 Å². The van der Waals surface area contributed by atoms with Crippen molar-refractivity contribution in [1.29, 1.82) is 5.26 Å². The van der Waals surface area contributed by atoms with Crippen molar-refractivity contribution in [2.45, 2.75) is 19.8 Å².